The van der Waals surface area contributed by atoms with Crippen LogP contribution in [0.2, 0.25) is 0 Å². The Kier molecular flexibility index (Phi) is 5.65. The summed E-state index contributed by atoms with van der Waals surface area (Å²) in [5.74, 6) is 0.573. The van der Waals surface area contributed by atoms with Crippen molar-refractivity contribution in [1.82, 2.24) is 0 Å². The maximum Gasteiger partial charge on any atom is 0.224 e. The highest BCUT2D eigenvalue weighted by molar-refractivity contribution is 5.92. The molecule has 1 amide bonds. The van der Waals surface area contributed by atoms with Crippen LogP contribution in [0.1, 0.15) is 32.3 Å². The Morgan fingerprint density at radius 2 is 2.22 bits per heavy atom. The summed E-state index contributed by atoms with van der Waals surface area (Å²) in [7, 11) is 0. The van der Waals surface area contributed by atoms with E-state index >= 15 is 0 Å². The van der Waals surface area contributed by atoms with Crippen LogP contribution in [0.3, 0.4) is 0 Å². The van der Waals surface area contributed by atoms with Crippen molar-refractivity contribution in [3.63, 3.8) is 0 Å². The molecule has 18 heavy (non-hydrogen) atoms. The largest absolute Gasteiger partial charge is 0.492 e. The van der Waals surface area contributed by atoms with E-state index in [1.54, 1.807) is 6.92 Å². The number of benzene rings is 1. The Labute approximate surface area is 108 Å². The molecule has 0 aliphatic rings. The first kappa shape index (κ1) is 14.5. The summed E-state index contributed by atoms with van der Waals surface area (Å²) in [4.78, 5) is 11.7. The van der Waals surface area contributed by atoms with E-state index in [0.717, 1.165) is 5.56 Å². The number of aliphatic hydroxyl groups is 1. The molecule has 0 radical (unpaired) electrons. The third-order valence-corrected chi connectivity index (χ3v) is 2.50. The molecule has 1 aromatic carbocycles. The Morgan fingerprint density at radius 3 is 2.83 bits per heavy atom. The highest BCUT2D eigenvalue weighted by Crippen LogP contribution is 2.25. The molecule has 0 spiro atoms. The first-order valence-electron chi connectivity index (χ1n) is 6.24. The fraction of sp³-hybridized carbons (Fsp3) is 0.500. The van der Waals surface area contributed by atoms with Crippen LogP contribution in [0.4, 0.5) is 5.69 Å². The van der Waals surface area contributed by atoms with Crippen LogP contribution in [0.5, 0.6) is 5.75 Å². The van der Waals surface area contributed by atoms with Gasteiger partial charge in [-0.25, -0.2) is 0 Å². The molecule has 1 unspecified atom stereocenters. The lowest BCUT2D eigenvalue weighted by atomic mass is 10.2. The average molecular weight is 251 g/mol. The Morgan fingerprint density at radius 1 is 1.50 bits per heavy atom. The molecule has 1 aromatic rings. The quantitative estimate of drug-likeness (QED) is 0.816. The molecule has 0 aromatic heterocycles. The zero-order valence-corrected chi connectivity index (χ0v) is 11.2. The van der Waals surface area contributed by atoms with Crippen LogP contribution in [0.15, 0.2) is 18.2 Å². The number of ether oxygens (including phenoxy) is 1. The predicted octanol–water partition coefficient (Wildman–Crippen LogP) is 2.49. The van der Waals surface area contributed by atoms with Gasteiger partial charge in [-0.15, -0.1) is 0 Å². The van der Waals surface area contributed by atoms with E-state index in [1.807, 2.05) is 32.0 Å². The lowest BCUT2D eigenvalue weighted by Crippen LogP contribution is -2.14. The molecule has 0 fully saturated rings. The van der Waals surface area contributed by atoms with Crippen molar-refractivity contribution in [2.45, 2.75) is 39.7 Å². The van der Waals surface area contributed by atoms with Gasteiger partial charge in [0.25, 0.3) is 0 Å². The zero-order valence-electron chi connectivity index (χ0n) is 11.2. The standard InChI is InChI=1S/C14H21NO3/c1-4-18-13-9-10(2)5-7-12(13)15-14(17)8-6-11(3)16/h5,7,9,11,16H,4,6,8H2,1-3H3,(H,15,17). The Bertz CT molecular complexity index is 402. The second-order valence-electron chi connectivity index (χ2n) is 4.37. The fourth-order valence-corrected chi connectivity index (χ4v) is 1.56. The smallest absolute Gasteiger partial charge is 0.224 e. The van der Waals surface area contributed by atoms with E-state index in [2.05, 4.69) is 5.32 Å². The number of rotatable bonds is 6. The number of aryl methyl sites for hydroxylation is 1. The zero-order chi connectivity index (χ0) is 13.5. The van der Waals surface area contributed by atoms with Crippen molar-refractivity contribution in [3.05, 3.63) is 23.8 Å². The number of carbonyl (C=O) groups is 1. The number of nitrogens with one attached hydrogen (secondary N) is 1. The molecule has 0 aliphatic carbocycles. The van der Waals surface area contributed by atoms with Crippen molar-refractivity contribution in [1.29, 1.82) is 0 Å². The second kappa shape index (κ2) is 7.01. The van der Waals surface area contributed by atoms with Crippen LogP contribution in [0, 0.1) is 6.92 Å². The van der Waals surface area contributed by atoms with E-state index in [4.69, 9.17) is 9.84 Å². The third-order valence-electron chi connectivity index (χ3n) is 2.50. The van der Waals surface area contributed by atoms with Crippen molar-refractivity contribution >= 4 is 11.6 Å². The molecular weight excluding hydrogens is 230 g/mol. The van der Waals surface area contributed by atoms with Gasteiger partial charge in [-0.1, -0.05) is 6.07 Å². The van der Waals surface area contributed by atoms with Gasteiger partial charge in [0.1, 0.15) is 5.75 Å². The minimum absolute atomic E-state index is 0.110. The number of anilines is 1. The molecule has 4 heteroatoms. The summed E-state index contributed by atoms with van der Waals surface area (Å²) >= 11 is 0. The van der Waals surface area contributed by atoms with Crippen LogP contribution in [0.25, 0.3) is 0 Å². The normalized spacial score (nSPS) is 12.0. The van der Waals surface area contributed by atoms with Crippen LogP contribution < -0.4 is 10.1 Å². The highest BCUT2D eigenvalue weighted by Gasteiger charge is 2.09. The average Bonchev–Trinajstić information content (AvgIpc) is 2.30. The summed E-state index contributed by atoms with van der Waals surface area (Å²) in [5.41, 5.74) is 1.76. The Hall–Kier alpha value is -1.55. The van der Waals surface area contributed by atoms with Crippen LogP contribution in [-0.4, -0.2) is 23.7 Å². The molecular formula is C14H21NO3. The van der Waals surface area contributed by atoms with Crippen LogP contribution >= 0.6 is 0 Å². The molecule has 0 heterocycles. The van der Waals surface area contributed by atoms with Gasteiger partial charge in [-0.2, -0.15) is 0 Å². The lowest BCUT2D eigenvalue weighted by Gasteiger charge is -2.12. The number of amides is 1. The summed E-state index contributed by atoms with van der Waals surface area (Å²) in [6.07, 6.45) is 0.304. The SMILES string of the molecule is CCOc1cc(C)ccc1NC(=O)CCC(C)O. The number of carbonyl (C=O) groups excluding carboxylic acids is 1. The summed E-state index contributed by atoms with van der Waals surface area (Å²) in [6, 6.07) is 5.65. The summed E-state index contributed by atoms with van der Waals surface area (Å²) < 4.78 is 5.48. The van der Waals surface area contributed by atoms with E-state index in [0.29, 0.717) is 30.9 Å². The first-order valence-corrected chi connectivity index (χ1v) is 6.24. The predicted molar refractivity (Wildman–Crippen MR) is 71.9 cm³/mol. The van der Waals surface area contributed by atoms with Gasteiger partial charge in [0, 0.05) is 6.42 Å². The van der Waals surface area contributed by atoms with Gasteiger partial charge < -0.3 is 15.2 Å². The van der Waals surface area contributed by atoms with E-state index in [-0.39, 0.29) is 5.91 Å². The lowest BCUT2D eigenvalue weighted by molar-refractivity contribution is -0.116. The molecule has 1 rings (SSSR count). The topological polar surface area (TPSA) is 58.6 Å². The molecule has 0 saturated carbocycles. The molecule has 2 N–H and O–H groups in total. The van der Waals surface area contributed by atoms with Gasteiger partial charge in [0.2, 0.25) is 5.91 Å². The van der Waals surface area contributed by atoms with E-state index < -0.39 is 6.10 Å². The van der Waals surface area contributed by atoms with Crippen molar-refractivity contribution in [3.8, 4) is 5.75 Å². The minimum atomic E-state index is -0.458. The second-order valence-corrected chi connectivity index (χ2v) is 4.37. The van der Waals surface area contributed by atoms with Gasteiger partial charge in [-0.3, -0.25) is 4.79 Å². The summed E-state index contributed by atoms with van der Waals surface area (Å²) in [5, 5.41) is 11.9. The number of hydrogen-bond donors (Lipinski definition) is 2. The summed E-state index contributed by atoms with van der Waals surface area (Å²) in [6.45, 7) is 6.10. The van der Waals surface area contributed by atoms with Gasteiger partial charge in [0.05, 0.1) is 18.4 Å². The highest BCUT2D eigenvalue weighted by atomic mass is 16.5. The maximum absolute atomic E-state index is 11.7. The van der Waals surface area contributed by atoms with Crippen molar-refractivity contribution in [2.24, 2.45) is 0 Å². The Balaban J connectivity index is 2.68. The molecule has 0 aliphatic heterocycles. The molecule has 1 atom stereocenters. The molecule has 4 nitrogen and oxygen atoms in total. The van der Waals surface area contributed by atoms with E-state index in [9.17, 15) is 4.79 Å². The van der Waals surface area contributed by atoms with E-state index in [1.165, 1.54) is 0 Å². The first-order chi connectivity index (χ1) is 8.52. The fourth-order valence-electron chi connectivity index (χ4n) is 1.56. The third kappa shape index (κ3) is 4.75. The molecule has 0 saturated heterocycles. The van der Waals surface area contributed by atoms with Gasteiger partial charge >= 0.3 is 0 Å². The molecule has 100 valence electrons. The number of aliphatic hydroxyl groups excluding tert-OH is 1. The van der Waals surface area contributed by atoms with Crippen molar-refractivity contribution < 1.29 is 14.6 Å². The maximum atomic E-state index is 11.7. The minimum Gasteiger partial charge on any atom is -0.492 e. The van der Waals surface area contributed by atoms with Crippen molar-refractivity contribution in [2.75, 3.05) is 11.9 Å². The number of hydrogen-bond acceptors (Lipinski definition) is 3. The molecule has 0 bridgehead atoms. The van der Waals surface area contributed by atoms with Gasteiger partial charge in [0.15, 0.2) is 0 Å². The van der Waals surface area contributed by atoms with Crippen LogP contribution in [-0.2, 0) is 4.79 Å². The van der Waals surface area contributed by atoms with Gasteiger partial charge in [-0.05, 0) is 44.9 Å². The monoisotopic (exact) mass is 251 g/mol.